The molecule has 3 heterocycles. The van der Waals surface area contributed by atoms with Crippen molar-refractivity contribution in [1.29, 1.82) is 0 Å². The van der Waals surface area contributed by atoms with Crippen LogP contribution in [0.4, 0.5) is 5.69 Å². The molecule has 28 heavy (non-hydrogen) atoms. The Bertz CT molecular complexity index is 1030. The van der Waals surface area contributed by atoms with Gasteiger partial charge in [-0.05, 0) is 12.5 Å². The summed E-state index contributed by atoms with van der Waals surface area (Å²) in [7, 11) is 4.57. The van der Waals surface area contributed by atoms with E-state index in [4.69, 9.17) is 14.2 Å². The molecule has 2 aromatic rings. The Kier molecular flexibility index (Phi) is 3.41. The van der Waals surface area contributed by atoms with Gasteiger partial charge in [0.25, 0.3) is 5.91 Å². The van der Waals surface area contributed by atoms with Crippen molar-refractivity contribution in [2.45, 2.75) is 12.1 Å². The van der Waals surface area contributed by atoms with Crippen LogP contribution in [0.3, 0.4) is 0 Å². The minimum absolute atomic E-state index is 0.112. The van der Waals surface area contributed by atoms with E-state index in [2.05, 4.69) is 0 Å². The van der Waals surface area contributed by atoms with Gasteiger partial charge in [-0.25, -0.2) is 0 Å². The normalized spacial score (nSPS) is 21.8. The number of rotatable bonds is 3. The maximum Gasteiger partial charge on any atom is 0.256 e. The molecule has 2 aromatic carbocycles. The molecule has 3 aliphatic heterocycles. The highest BCUT2D eigenvalue weighted by Gasteiger charge is 2.65. The molecule has 0 aromatic heterocycles. The van der Waals surface area contributed by atoms with Crippen LogP contribution >= 0.6 is 0 Å². The molecule has 1 fully saturated rings. The lowest BCUT2D eigenvalue weighted by molar-refractivity contribution is 0.0412. The largest absolute Gasteiger partial charge is 0.493 e. The SMILES string of the molecule is COc1cc2c(c(OC)c1OC)C(=O)C13c4ccccc4C(=O)N1CCCN23. The number of carbonyl (C=O) groups excluding carboxylic acids is 2. The highest BCUT2D eigenvalue weighted by molar-refractivity contribution is 6.21. The monoisotopic (exact) mass is 380 g/mol. The molecule has 0 aliphatic carbocycles. The highest BCUT2D eigenvalue weighted by atomic mass is 16.5. The molecule has 144 valence electrons. The minimum Gasteiger partial charge on any atom is -0.493 e. The number of Topliss-reactive ketones (excluding diaryl/α,β-unsaturated/α-hetero) is 1. The van der Waals surface area contributed by atoms with Gasteiger partial charge in [0, 0.05) is 30.3 Å². The lowest BCUT2D eigenvalue weighted by Crippen LogP contribution is -2.62. The molecular weight excluding hydrogens is 360 g/mol. The fraction of sp³-hybridized carbons (Fsp3) is 0.333. The van der Waals surface area contributed by atoms with Crippen molar-refractivity contribution in [1.82, 2.24) is 4.90 Å². The molecule has 1 saturated heterocycles. The molecule has 1 spiro atoms. The Labute approximate surface area is 162 Å². The van der Waals surface area contributed by atoms with E-state index >= 15 is 0 Å². The second-order valence-electron chi connectivity index (χ2n) is 7.05. The minimum atomic E-state index is -1.17. The number of benzene rings is 2. The standard InChI is InChI=1S/C21H20N2O5/c1-26-15-11-14-16(18(28-3)17(15)27-2)19(24)21-13-8-5-4-7-12(13)20(25)23(21)10-6-9-22(14)21/h4-5,7-8,11H,6,9-10H2,1-3H3. The zero-order chi connectivity index (χ0) is 19.6. The van der Waals surface area contributed by atoms with Crippen molar-refractivity contribution < 1.29 is 23.8 Å². The lowest BCUT2D eigenvalue weighted by atomic mass is 9.91. The van der Waals surface area contributed by atoms with E-state index in [9.17, 15) is 9.59 Å². The summed E-state index contributed by atoms with van der Waals surface area (Å²) in [5.74, 6) is 0.912. The summed E-state index contributed by atoms with van der Waals surface area (Å²) in [4.78, 5) is 30.8. The predicted octanol–water partition coefficient (Wildman–Crippen LogP) is 2.43. The van der Waals surface area contributed by atoms with E-state index in [1.807, 2.05) is 23.1 Å². The van der Waals surface area contributed by atoms with E-state index < -0.39 is 5.66 Å². The van der Waals surface area contributed by atoms with Crippen LogP contribution in [0.1, 0.15) is 32.7 Å². The number of nitrogens with zero attached hydrogens (tertiary/aromatic N) is 2. The summed E-state index contributed by atoms with van der Waals surface area (Å²) < 4.78 is 16.6. The first kappa shape index (κ1) is 16.9. The number of methoxy groups -OCH3 is 3. The Hall–Kier alpha value is -3.22. The van der Waals surface area contributed by atoms with Gasteiger partial charge >= 0.3 is 0 Å². The van der Waals surface area contributed by atoms with Gasteiger partial charge in [-0.1, -0.05) is 18.2 Å². The van der Waals surface area contributed by atoms with Gasteiger partial charge in [0.2, 0.25) is 17.2 Å². The summed E-state index contributed by atoms with van der Waals surface area (Å²) in [6.07, 6.45) is 0.769. The van der Waals surface area contributed by atoms with Gasteiger partial charge < -0.3 is 24.0 Å². The summed E-state index contributed by atoms with van der Waals surface area (Å²) >= 11 is 0. The Morgan fingerprint density at radius 1 is 0.929 bits per heavy atom. The van der Waals surface area contributed by atoms with E-state index in [1.165, 1.54) is 14.2 Å². The van der Waals surface area contributed by atoms with Crippen molar-refractivity contribution in [3.63, 3.8) is 0 Å². The van der Waals surface area contributed by atoms with Crippen LogP contribution in [-0.2, 0) is 5.66 Å². The van der Waals surface area contributed by atoms with Gasteiger partial charge in [0.1, 0.15) is 0 Å². The molecule has 0 saturated carbocycles. The van der Waals surface area contributed by atoms with Crippen LogP contribution in [0, 0.1) is 0 Å². The fourth-order valence-electron chi connectivity index (χ4n) is 4.93. The lowest BCUT2D eigenvalue weighted by Gasteiger charge is -2.46. The van der Waals surface area contributed by atoms with Crippen LogP contribution in [0.2, 0.25) is 0 Å². The number of carbonyl (C=O) groups is 2. The van der Waals surface area contributed by atoms with Crippen LogP contribution in [0.5, 0.6) is 17.2 Å². The number of ketones is 1. The van der Waals surface area contributed by atoms with Crippen LogP contribution in [0.25, 0.3) is 0 Å². The highest BCUT2D eigenvalue weighted by Crippen LogP contribution is 2.58. The smallest absolute Gasteiger partial charge is 0.256 e. The number of fused-ring (bicyclic) bond motifs is 3. The number of ether oxygens (including phenoxy) is 3. The molecule has 0 bridgehead atoms. The van der Waals surface area contributed by atoms with Crippen molar-refractivity contribution in [3.8, 4) is 17.2 Å². The third kappa shape index (κ3) is 1.70. The average Bonchev–Trinajstić information content (AvgIpc) is 3.15. The summed E-state index contributed by atoms with van der Waals surface area (Å²) in [6.45, 7) is 1.18. The second-order valence-corrected chi connectivity index (χ2v) is 7.05. The molecule has 1 amide bonds. The zero-order valence-electron chi connectivity index (χ0n) is 15.9. The molecule has 7 nitrogen and oxygen atoms in total. The van der Waals surface area contributed by atoms with E-state index in [0.717, 1.165) is 12.0 Å². The number of hydrogen-bond acceptors (Lipinski definition) is 6. The second kappa shape index (κ2) is 5.64. The third-order valence-corrected chi connectivity index (χ3v) is 5.97. The molecule has 0 radical (unpaired) electrons. The van der Waals surface area contributed by atoms with Gasteiger partial charge in [-0.2, -0.15) is 0 Å². The topological polar surface area (TPSA) is 68.3 Å². The number of hydrogen-bond donors (Lipinski definition) is 0. The molecule has 7 heteroatoms. The van der Waals surface area contributed by atoms with Gasteiger partial charge in [-0.15, -0.1) is 0 Å². The Morgan fingerprint density at radius 2 is 1.64 bits per heavy atom. The summed E-state index contributed by atoms with van der Waals surface area (Å²) in [6, 6.07) is 9.16. The zero-order valence-corrected chi connectivity index (χ0v) is 15.9. The molecule has 3 aliphatic rings. The van der Waals surface area contributed by atoms with E-state index in [-0.39, 0.29) is 11.7 Å². The summed E-state index contributed by atoms with van der Waals surface area (Å²) in [5.41, 5.74) is 1.26. The maximum atomic E-state index is 14.0. The molecule has 1 atom stereocenters. The molecule has 5 rings (SSSR count). The average molecular weight is 380 g/mol. The first-order chi connectivity index (χ1) is 13.6. The first-order valence-electron chi connectivity index (χ1n) is 9.18. The predicted molar refractivity (Wildman–Crippen MR) is 102 cm³/mol. The maximum absolute atomic E-state index is 14.0. The fourth-order valence-corrected chi connectivity index (χ4v) is 4.93. The van der Waals surface area contributed by atoms with Crippen molar-refractivity contribution in [2.75, 3.05) is 39.3 Å². The van der Waals surface area contributed by atoms with Crippen LogP contribution in [0.15, 0.2) is 30.3 Å². The van der Waals surface area contributed by atoms with Crippen molar-refractivity contribution in [2.24, 2.45) is 0 Å². The molecule has 0 N–H and O–H groups in total. The quantitative estimate of drug-likeness (QED) is 0.815. The third-order valence-electron chi connectivity index (χ3n) is 5.97. The van der Waals surface area contributed by atoms with Gasteiger partial charge in [0.15, 0.2) is 11.5 Å². The molecular formula is C21H20N2O5. The van der Waals surface area contributed by atoms with Gasteiger partial charge in [0.05, 0.1) is 32.6 Å². The number of amides is 1. The van der Waals surface area contributed by atoms with Crippen LogP contribution < -0.4 is 19.1 Å². The van der Waals surface area contributed by atoms with Crippen molar-refractivity contribution >= 4 is 17.4 Å². The first-order valence-corrected chi connectivity index (χ1v) is 9.18. The Balaban J connectivity index is 1.85. The van der Waals surface area contributed by atoms with Gasteiger partial charge in [-0.3, -0.25) is 9.59 Å². The number of anilines is 1. The van der Waals surface area contributed by atoms with Crippen LogP contribution in [-0.4, -0.2) is 51.0 Å². The molecule has 1 unspecified atom stereocenters. The Morgan fingerprint density at radius 3 is 2.36 bits per heavy atom. The van der Waals surface area contributed by atoms with Crippen molar-refractivity contribution in [3.05, 3.63) is 47.0 Å². The van der Waals surface area contributed by atoms with E-state index in [0.29, 0.717) is 47.2 Å². The van der Waals surface area contributed by atoms with E-state index in [1.54, 1.807) is 24.1 Å². The summed E-state index contributed by atoms with van der Waals surface area (Å²) in [5, 5.41) is 0.